The summed E-state index contributed by atoms with van der Waals surface area (Å²) in [6.07, 6.45) is 1.69. The summed E-state index contributed by atoms with van der Waals surface area (Å²) >= 11 is 4.96. The Labute approximate surface area is 101 Å². The smallest absolute Gasteiger partial charge is 0.186 e. The third-order valence-electron chi connectivity index (χ3n) is 1.81. The maximum atomic E-state index is 5.10. The standard InChI is InChI=1S/C11H15N3OS/c1-3-12-11(16)14-13-8-9-5-4-6-10(7-9)15-2/h4-8H,3H2,1-2H3,(H2,12,14,16)/b13-8-. The van der Waals surface area contributed by atoms with Gasteiger partial charge in [-0.05, 0) is 36.8 Å². The van der Waals surface area contributed by atoms with Gasteiger partial charge in [-0.1, -0.05) is 12.1 Å². The van der Waals surface area contributed by atoms with Gasteiger partial charge in [0, 0.05) is 6.54 Å². The molecule has 0 amide bonds. The Balaban J connectivity index is 2.52. The molecular formula is C11H15N3OS. The minimum atomic E-state index is 0.515. The van der Waals surface area contributed by atoms with Crippen molar-refractivity contribution in [1.82, 2.24) is 10.7 Å². The molecule has 16 heavy (non-hydrogen) atoms. The summed E-state index contributed by atoms with van der Waals surface area (Å²) in [6.45, 7) is 2.75. The highest BCUT2D eigenvalue weighted by Crippen LogP contribution is 2.10. The highest BCUT2D eigenvalue weighted by atomic mass is 32.1. The van der Waals surface area contributed by atoms with Gasteiger partial charge in [0.1, 0.15) is 5.75 Å². The zero-order valence-corrected chi connectivity index (χ0v) is 10.2. The van der Waals surface area contributed by atoms with Gasteiger partial charge in [-0.25, -0.2) is 0 Å². The fourth-order valence-electron chi connectivity index (χ4n) is 1.09. The zero-order chi connectivity index (χ0) is 11.8. The van der Waals surface area contributed by atoms with Crippen molar-refractivity contribution in [3.05, 3.63) is 29.8 Å². The Kier molecular flexibility index (Phi) is 5.28. The number of methoxy groups -OCH3 is 1. The quantitative estimate of drug-likeness (QED) is 0.473. The summed E-state index contributed by atoms with van der Waals surface area (Å²) in [7, 11) is 1.63. The van der Waals surface area contributed by atoms with Gasteiger partial charge in [0.2, 0.25) is 0 Å². The van der Waals surface area contributed by atoms with Crippen molar-refractivity contribution in [2.75, 3.05) is 13.7 Å². The van der Waals surface area contributed by atoms with Crippen LogP contribution in [-0.2, 0) is 0 Å². The van der Waals surface area contributed by atoms with Crippen molar-refractivity contribution in [3.8, 4) is 5.75 Å². The van der Waals surface area contributed by atoms with E-state index in [0.29, 0.717) is 5.11 Å². The third kappa shape index (κ3) is 4.27. The summed E-state index contributed by atoms with van der Waals surface area (Å²) < 4.78 is 5.10. The predicted molar refractivity (Wildman–Crippen MR) is 70.0 cm³/mol. The second-order valence-corrected chi connectivity index (χ2v) is 3.41. The summed E-state index contributed by atoms with van der Waals surface area (Å²) in [5, 5.41) is 7.45. The molecule has 5 heteroatoms. The van der Waals surface area contributed by atoms with E-state index in [9.17, 15) is 0 Å². The molecule has 2 N–H and O–H groups in total. The molecule has 0 spiro atoms. The van der Waals surface area contributed by atoms with Gasteiger partial charge >= 0.3 is 0 Å². The first-order chi connectivity index (χ1) is 7.76. The number of nitrogens with one attached hydrogen (secondary N) is 2. The average Bonchev–Trinajstić information content (AvgIpc) is 2.30. The minimum Gasteiger partial charge on any atom is -0.497 e. The van der Waals surface area contributed by atoms with Crippen LogP contribution in [0.25, 0.3) is 0 Å². The molecule has 0 atom stereocenters. The molecule has 86 valence electrons. The van der Waals surface area contributed by atoms with Crippen LogP contribution in [0, 0.1) is 0 Å². The van der Waals surface area contributed by atoms with E-state index in [1.807, 2.05) is 31.2 Å². The molecule has 0 aromatic heterocycles. The molecule has 0 aliphatic heterocycles. The highest BCUT2D eigenvalue weighted by Gasteiger charge is 1.92. The van der Waals surface area contributed by atoms with E-state index < -0.39 is 0 Å². The molecule has 0 heterocycles. The van der Waals surface area contributed by atoms with Crippen LogP contribution in [0.3, 0.4) is 0 Å². The number of hydrazone groups is 1. The van der Waals surface area contributed by atoms with E-state index in [-0.39, 0.29) is 0 Å². The lowest BCUT2D eigenvalue weighted by Gasteiger charge is -2.03. The zero-order valence-electron chi connectivity index (χ0n) is 9.36. The van der Waals surface area contributed by atoms with Crippen LogP contribution < -0.4 is 15.5 Å². The number of nitrogens with zero attached hydrogens (tertiary/aromatic N) is 1. The molecule has 1 rings (SSSR count). The van der Waals surface area contributed by atoms with Gasteiger partial charge in [0.25, 0.3) is 0 Å². The minimum absolute atomic E-state index is 0.515. The van der Waals surface area contributed by atoms with E-state index >= 15 is 0 Å². The Bertz CT molecular complexity index is 379. The SMILES string of the molecule is CCNC(=S)N/N=C\c1cccc(OC)c1. The highest BCUT2D eigenvalue weighted by molar-refractivity contribution is 7.80. The first-order valence-corrected chi connectivity index (χ1v) is 5.38. The van der Waals surface area contributed by atoms with Crippen LogP contribution in [-0.4, -0.2) is 25.0 Å². The molecule has 0 aliphatic rings. The maximum Gasteiger partial charge on any atom is 0.186 e. The van der Waals surface area contributed by atoms with Crippen LogP contribution in [0.4, 0.5) is 0 Å². The normalized spacial score (nSPS) is 10.1. The van der Waals surface area contributed by atoms with Crippen molar-refractivity contribution in [1.29, 1.82) is 0 Å². The maximum absolute atomic E-state index is 5.10. The monoisotopic (exact) mass is 237 g/mol. The van der Waals surface area contributed by atoms with Crippen molar-refractivity contribution in [2.45, 2.75) is 6.92 Å². The fourth-order valence-corrected chi connectivity index (χ4v) is 1.28. The van der Waals surface area contributed by atoms with Gasteiger partial charge in [0.05, 0.1) is 13.3 Å². The molecule has 0 saturated carbocycles. The van der Waals surface area contributed by atoms with Gasteiger partial charge < -0.3 is 10.1 Å². The summed E-state index contributed by atoms with van der Waals surface area (Å²) in [5.41, 5.74) is 3.67. The molecule has 1 aromatic rings. The summed E-state index contributed by atoms with van der Waals surface area (Å²) in [5.74, 6) is 0.804. The Morgan fingerprint density at radius 2 is 2.38 bits per heavy atom. The lowest BCUT2D eigenvalue weighted by atomic mass is 10.2. The van der Waals surface area contributed by atoms with Gasteiger partial charge in [-0.2, -0.15) is 5.10 Å². The van der Waals surface area contributed by atoms with E-state index in [1.54, 1.807) is 13.3 Å². The Hall–Kier alpha value is -1.62. The topological polar surface area (TPSA) is 45.7 Å². The van der Waals surface area contributed by atoms with Crippen molar-refractivity contribution in [2.24, 2.45) is 5.10 Å². The number of rotatable bonds is 4. The van der Waals surface area contributed by atoms with Crippen LogP contribution in [0.2, 0.25) is 0 Å². The molecular weight excluding hydrogens is 222 g/mol. The van der Waals surface area contributed by atoms with Crippen molar-refractivity contribution < 1.29 is 4.74 Å². The number of ether oxygens (including phenoxy) is 1. The lowest BCUT2D eigenvalue weighted by molar-refractivity contribution is 0.415. The molecule has 0 radical (unpaired) electrons. The largest absolute Gasteiger partial charge is 0.497 e. The molecule has 0 saturated heterocycles. The molecule has 4 nitrogen and oxygen atoms in total. The van der Waals surface area contributed by atoms with Crippen LogP contribution in [0.1, 0.15) is 12.5 Å². The second kappa shape index (κ2) is 6.79. The van der Waals surface area contributed by atoms with Crippen molar-refractivity contribution in [3.63, 3.8) is 0 Å². The number of benzene rings is 1. The van der Waals surface area contributed by atoms with Crippen LogP contribution >= 0.6 is 12.2 Å². The van der Waals surface area contributed by atoms with Crippen molar-refractivity contribution >= 4 is 23.5 Å². The van der Waals surface area contributed by atoms with E-state index in [0.717, 1.165) is 17.9 Å². The fraction of sp³-hybridized carbons (Fsp3) is 0.273. The molecule has 1 aromatic carbocycles. The summed E-state index contributed by atoms with van der Waals surface area (Å²) in [4.78, 5) is 0. The number of hydrogen-bond donors (Lipinski definition) is 2. The van der Waals surface area contributed by atoms with Crippen LogP contribution in [0.5, 0.6) is 5.75 Å². The Morgan fingerprint density at radius 3 is 3.06 bits per heavy atom. The number of hydrogen-bond acceptors (Lipinski definition) is 3. The summed E-state index contributed by atoms with van der Waals surface area (Å²) in [6, 6.07) is 7.61. The van der Waals surface area contributed by atoms with Crippen LogP contribution in [0.15, 0.2) is 29.4 Å². The molecule has 0 bridgehead atoms. The molecule has 0 fully saturated rings. The first kappa shape index (κ1) is 12.4. The van der Waals surface area contributed by atoms with Gasteiger partial charge in [-0.15, -0.1) is 0 Å². The molecule has 0 aliphatic carbocycles. The Morgan fingerprint density at radius 1 is 1.56 bits per heavy atom. The van der Waals surface area contributed by atoms with Gasteiger partial charge in [-0.3, -0.25) is 5.43 Å². The van der Waals surface area contributed by atoms with Gasteiger partial charge in [0.15, 0.2) is 5.11 Å². The lowest BCUT2D eigenvalue weighted by Crippen LogP contribution is -2.31. The first-order valence-electron chi connectivity index (χ1n) is 4.97. The van der Waals surface area contributed by atoms with E-state index in [1.165, 1.54) is 0 Å². The second-order valence-electron chi connectivity index (χ2n) is 3.01. The third-order valence-corrected chi connectivity index (χ3v) is 2.05. The van der Waals surface area contributed by atoms with E-state index in [4.69, 9.17) is 17.0 Å². The van der Waals surface area contributed by atoms with E-state index in [2.05, 4.69) is 15.8 Å². The average molecular weight is 237 g/mol. The number of thiocarbonyl (C=S) groups is 1. The molecule has 0 unspecified atom stereocenters. The predicted octanol–water partition coefficient (Wildman–Crippen LogP) is 1.51.